The Balaban J connectivity index is 1.82. The van der Waals surface area contributed by atoms with Gasteiger partial charge in [0.1, 0.15) is 5.54 Å². The van der Waals surface area contributed by atoms with Crippen molar-refractivity contribution in [3.8, 4) is 0 Å². The normalized spacial score (nSPS) is 15.9. The van der Waals surface area contributed by atoms with Crippen molar-refractivity contribution < 1.29 is 19.5 Å². The second kappa shape index (κ2) is 9.07. The van der Waals surface area contributed by atoms with Gasteiger partial charge in [0, 0.05) is 12.7 Å². The molecule has 0 bridgehead atoms. The van der Waals surface area contributed by atoms with Gasteiger partial charge in [-0.25, -0.2) is 4.79 Å². The maximum atomic E-state index is 12.4. The number of carbonyl (C=O) groups excluding carboxylic acids is 2. The molecule has 1 saturated carbocycles. The van der Waals surface area contributed by atoms with Crippen molar-refractivity contribution in [3.63, 3.8) is 0 Å². The molecule has 0 aliphatic heterocycles. The number of thioether (sulfide) groups is 1. The van der Waals surface area contributed by atoms with Crippen LogP contribution in [0, 0.1) is 6.92 Å². The predicted octanol–water partition coefficient (Wildman–Crippen LogP) is 2.91. The standard InChI is InChI=1S/C19H26N2O4S/c1-14-6-8-15(9-7-14)20-16(22)12-26-13-17(23)21(2)19(18(24)25)10-4-3-5-11-19/h6-9H,3-5,10-13H2,1-2H3,(H,20,22)(H,24,25). The molecule has 1 fully saturated rings. The minimum absolute atomic E-state index is 0.0901. The van der Waals surface area contributed by atoms with Gasteiger partial charge in [-0.2, -0.15) is 0 Å². The van der Waals surface area contributed by atoms with Crippen molar-refractivity contribution in [1.82, 2.24) is 4.90 Å². The number of likely N-dealkylation sites (N-methyl/N-ethyl adjacent to an activating group) is 1. The van der Waals surface area contributed by atoms with Crippen LogP contribution < -0.4 is 5.32 Å². The Morgan fingerprint density at radius 3 is 2.31 bits per heavy atom. The molecule has 142 valence electrons. The highest BCUT2D eigenvalue weighted by Crippen LogP contribution is 2.33. The number of nitrogens with zero attached hydrogens (tertiary/aromatic N) is 1. The fraction of sp³-hybridized carbons (Fsp3) is 0.526. The van der Waals surface area contributed by atoms with Gasteiger partial charge in [-0.1, -0.05) is 37.0 Å². The first-order chi connectivity index (χ1) is 12.3. The van der Waals surface area contributed by atoms with E-state index in [1.165, 1.54) is 16.7 Å². The molecule has 0 aromatic heterocycles. The Bertz CT molecular complexity index is 654. The minimum atomic E-state index is -1.10. The molecular weight excluding hydrogens is 352 g/mol. The molecule has 0 unspecified atom stereocenters. The number of carboxylic acids is 1. The SMILES string of the molecule is Cc1ccc(NC(=O)CSCC(=O)N(C)C2(C(=O)O)CCCCC2)cc1. The third-order valence-electron chi connectivity index (χ3n) is 4.89. The van der Waals surface area contributed by atoms with E-state index in [0.29, 0.717) is 12.8 Å². The summed E-state index contributed by atoms with van der Waals surface area (Å²) in [4.78, 5) is 37.6. The molecule has 1 aliphatic carbocycles. The van der Waals surface area contributed by atoms with Crippen molar-refractivity contribution in [2.75, 3.05) is 23.9 Å². The second-order valence-corrected chi connectivity index (χ2v) is 7.74. The van der Waals surface area contributed by atoms with Crippen LogP contribution in [0.4, 0.5) is 5.69 Å². The molecule has 7 heteroatoms. The van der Waals surface area contributed by atoms with Crippen molar-refractivity contribution in [3.05, 3.63) is 29.8 Å². The van der Waals surface area contributed by atoms with Crippen LogP contribution in [0.5, 0.6) is 0 Å². The number of aryl methyl sites for hydroxylation is 1. The van der Waals surface area contributed by atoms with Gasteiger partial charge in [-0.15, -0.1) is 11.8 Å². The summed E-state index contributed by atoms with van der Waals surface area (Å²) >= 11 is 1.20. The van der Waals surface area contributed by atoms with Gasteiger partial charge < -0.3 is 15.3 Å². The van der Waals surface area contributed by atoms with Crippen LogP contribution in [0.2, 0.25) is 0 Å². The number of rotatable bonds is 7. The first-order valence-corrected chi connectivity index (χ1v) is 9.95. The van der Waals surface area contributed by atoms with Crippen molar-refractivity contribution in [2.24, 2.45) is 0 Å². The van der Waals surface area contributed by atoms with Gasteiger partial charge in [0.25, 0.3) is 0 Å². The monoisotopic (exact) mass is 378 g/mol. The Morgan fingerprint density at radius 1 is 1.12 bits per heavy atom. The molecule has 6 nitrogen and oxygen atoms in total. The fourth-order valence-electron chi connectivity index (χ4n) is 3.23. The number of anilines is 1. The number of amides is 2. The van der Waals surface area contributed by atoms with Gasteiger partial charge in [0.15, 0.2) is 0 Å². The molecule has 2 amide bonds. The first-order valence-electron chi connectivity index (χ1n) is 8.79. The van der Waals surface area contributed by atoms with E-state index in [2.05, 4.69) is 5.32 Å². The van der Waals surface area contributed by atoms with Crippen molar-refractivity contribution in [2.45, 2.75) is 44.6 Å². The molecule has 2 N–H and O–H groups in total. The Morgan fingerprint density at radius 2 is 1.73 bits per heavy atom. The number of aliphatic carboxylic acids is 1. The van der Waals surface area contributed by atoms with Crippen LogP contribution in [-0.2, 0) is 14.4 Å². The molecule has 2 rings (SSSR count). The van der Waals surface area contributed by atoms with Gasteiger partial charge in [-0.3, -0.25) is 9.59 Å². The summed E-state index contributed by atoms with van der Waals surface area (Å²) in [6.45, 7) is 1.97. The van der Waals surface area contributed by atoms with Gasteiger partial charge >= 0.3 is 5.97 Å². The molecule has 0 saturated heterocycles. The maximum absolute atomic E-state index is 12.4. The van der Waals surface area contributed by atoms with Crippen LogP contribution in [0.1, 0.15) is 37.7 Å². The summed E-state index contributed by atoms with van der Waals surface area (Å²) < 4.78 is 0. The van der Waals surface area contributed by atoms with E-state index in [1.54, 1.807) is 7.05 Å². The molecule has 1 aromatic rings. The minimum Gasteiger partial charge on any atom is -0.479 e. The van der Waals surface area contributed by atoms with Crippen LogP contribution in [-0.4, -0.2) is 51.9 Å². The zero-order chi connectivity index (χ0) is 19.2. The lowest BCUT2D eigenvalue weighted by Gasteiger charge is -2.41. The number of hydrogen-bond acceptors (Lipinski definition) is 4. The highest BCUT2D eigenvalue weighted by molar-refractivity contribution is 8.00. The average Bonchev–Trinajstić information content (AvgIpc) is 2.63. The van der Waals surface area contributed by atoms with Crippen LogP contribution in [0.3, 0.4) is 0 Å². The lowest BCUT2D eigenvalue weighted by atomic mass is 9.80. The lowest BCUT2D eigenvalue weighted by molar-refractivity contribution is -0.159. The molecule has 0 spiro atoms. The average molecular weight is 378 g/mol. The largest absolute Gasteiger partial charge is 0.479 e. The lowest BCUT2D eigenvalue weighted by Crippen LogP contribution is -2.56. The van der Waals surface area contributed by atoms with E-state index in [1.807, 2.05) is 31.2 Å². The van der Waals surface area contributed by atoms with Gasteiger partial charge in [-0.05, 0) is 31.9 Å². The molecule has 1 aliphatic rings. The Kier molecular flexibility index (Phi) is 7.08. The summed E-state index contributed by atoms with van der Waals surface area (Å²) in [5.74, 6) is -1.13. The fourth-order valence-corrected chi connectivity index (χ4v) is 3.96. The molecular formula is C19H26N2O4S. The Hall–Kier alpha value is -2.02. The van der Waals surface area contributed by atoms with Gasteiger partial charge in [0.2, 0.25) is 11.8 Å². The number of carboxylic acid groups (broad SMARTS) is 1. The zero-order valence-electron chi connectivity index (χ0n) is 15.3. The highest BCUT2D eigenvalue weighted by Gasteiger charge is 2.45. The van der Waals surface area contributed by atoms with E-state index in [-0.39, 0.29) is 23.3 Å². The quantitative estimate of drug-likeness (QED) is 0.762. The molecule has 0 atom stereocenters. The van der Waals surface area contributed by atoms with E-state index in [9.17, 15) is 19.5 Å². The topological polar surface area (TPSA) is 86.7 Å². The van der Waals surface area contributed by atoms with E-state index in [0.717, 1.165) is 30.5 Å². The molecule has 26 heavy (non-hydrogen) atoms. The molecule has 1 aromatic carbocycles. The summed E-state index contributed by atoms with van der Waals surface area (Å²) in [6, 6.07) is 7.49. The van der Waals surface area contributed by atoms with Crippen LogP contribution in [0.25, 0.3) is 0 Å². The summed E-state index contributed by atoms with van der Waals surface area (Å²) in [5, 5.41) is 12.4. The molecule has 0 heterocycles. The van der Waals surface area contributed by atoms with Crippen molar-refractivity contribution >= 4 is 35.2 Å². The van der Waals surface area contributed by atoms with Crippen molar-refractivity contribution in [1.29, 1.82) is 0 Å². The third-order valence-corrected chi connectivity index (χ3v) is 5.81. The number of hydrogen-bond donors (Lipinski definition) is 2. The molecule has 0 radical (unpaired) electrons. The Labute approximate surface area is 158 Å². The maximum Gasteiger partial charge on any atom is 0.329 e. The first kappa shape index (κ1) is 20.3. The predicted molar refractivity (Wildman–Crippen MR) is 103 cm³/mol. The number of carbonyl (C=O) groups is 3. The number of benzene rings is 1. The number of nitrogens with one attached hydrogen (secondary N) is 1. The summed E-state index contributed by atoms with van der Waals surface area (Å²) in [6.07, 6.45) is 3.61. The van der Waals surface area contributed by atoms with E-state index < -0.39 is 11.5 Å². The zero-order valence-corrected chi connectivity index (χ0v) is 16.1. The van der Waals surface area contributed by atoms with E-state index >= 15 is 0 Å². The second-order valence-electron chi connectivity index (χ2n) is 6.76. The van der Waals surface area contributed by atoms with Gasteiger partial charge in [0.05, 0.1) is 11.5 Å². The summed E-state index contributed by atoms with van der Waals surface area (Å²) in [5.41, 5.74) is 0.734. The van der Waals surface area contributed by atoms with E-state index in [4.69, 9.17) is 0 Å². The smallest absolute Gasteiger partial charge is 0.329 e. The summed E-state index contributed by atoms with van der Waals surface area (Å²) in [7, 11) is 1.56. The van der Waals surface area contributed by atoms with Crippen LogP contribution in [0.15, 0.2) is 24.3 Å². The van der Waals surface area contributed by atoms with Crippen LogP contribution >= 0.6 is 11.8 Å². The third kappa shape index (κ3) is 5.00. The highest BCUT2D eigenvalue weighted by atomic mass is 32.2.